The molecular weight excluding hydrogens is 298 g/mol. The Morgan fingerprint density at radius 2 is 1.78 bits per heavy atom. The average Bonchev–Trinajstić information content (AvgIpc) is 2.39. The number of halogens is 1. The Bertz CT molecular complexity index is 450. The van der Waals surface area contributed by atoms with E-state index in [0.29, 0.717) is 31.4 Å². The lowest BCUT2D eigenvalue weighted by molar-refractivity contribution is -0.143. The second-order valence-electron chi connectivity index (χ2n) is 4.61. The van der Waals surface area contributed by atoms with Crippen molar-refractivity contribution in [3.05, 3.63) is 28.5 Å². The number of carboxylic acids is 1. The van der Waals surface area contributed by atoms with E-state index in [4.69, 9.17) is 5.11 Å². The zero-order valence-corrected chi connectivity index (χ0v) is 11.4. The molecule has 1 aliphatic carbocycles. The van der Waals surface area contributed by atoms with Gasteiger partial charge in [0.2, 0.25) is 0 Å². The number of Topliss-reactive ketones (excluding diaryl/α,β-unsaturated/α-hetero) is 1. The SMILES string of the molecule is O=C(O)C1CCC(C(=O)c2ccc(Br)cn2)CC1. The number of hydrogen-bond donors (Lipinski definition) is 1. The third-order valence-electron chi connectivity index (χ3n) is 3.43. The quantitative estimate of drug-likeness (QED) is 0.872. The van der Waals surface area contributed by atoms with E-state index in [1.807, 2.05) is 0 Å². The van der Waals surface area contributed by atoms with Gasteiger partial charge in [0.1, 0.15) is 5.69 Å². The highest BCUT2D eigenvalue weighted by molar-refractivity contribution is 9.10. The van der Waals surface area contributed by atoms with Gasteiger partial charge in [-0.2, -0.15) is 0 Å². The summed E-state index contributed by atoms with van der Waals surface area (Å²) < 4.78 is 0.841. The molecule has 0 radical (unpaired) electrons. The maximum atomic E-state index is 12.2. The van der Waals surface area contributed by atoms with Crippen molar-refractivity contribution < 1.29 is 14.7 Å². The molecule has 18 heavy (non-hydrogen) atoms. The van der Waals surface area contributed by atoms with Gasteiger partial charge in [-0.05, 0) is 53.7 Å². The van der Waals surface area contributed by atoms with Crippen molar-refractivity contribution in [1.82, 2.24) is 4.98 Å². The highest BCUT2D eigenvalue weighted by Gasteiger charge is 2.30. The van der Waals surface area contributed by atoms with E-state index in [0.717, 1.165) is 4.47 Å². The predicted octanol–water partition coefficient (Wildman–Crippen LogP) is 2.92. The maximum absolute atomic E-state index is 12.2. The van der Waals surface area contributed by atoms with Crippen molar-refractivity contribution in [3.63, 3.8) is 0 Å². The Labute approximate surface area is 114 Å². The van der Waals surface area contributed by atoms with Crippen LogP contribution >= 0.6 is 15.9 Å². The van der Waals surface area contributed by atoms with Crippen molar-refractivity contribution in [2.45, 2.75) is 25.7 Å². The zero-order valence-electron chi connectivity index (χ0n) is 9.80. The number of pyridine rings is 1. The molecule has 0 amide bonds. The van der Waals surface area contributed by atoms with Gasteiger partial charge in [-0.15, -0.1) is 0 Å². The second-order valence-corrected chi connectivity index (χ2v) is 5.53. The van der Waals surface area contributed by atoms with Gasteiger partial charge in [0, 0.05) is 16.6 Å². The fraction of sp³-hybridized carbons (Fsp3) is 0.462. The van der Waals surface area contributed by atoms with Crippen LogP contribution in [0.25, 0.3) is 0 Å². The van der Waals surface area contributed by atoms with Crippen LogP contribution in [0.4, 0.5) is 0 Å². The van der Waals surface area contributed by atoms with Crippen molar-refractivity contribution in [3.8, 4) is 0 Å². The van der Waals surface area contributed by atoms with Crippen LogP contribution in [0, 0.1) is 11.8 Å². The number of ketones is 1. The van der Waals surface area contributed by atoms with Gasteiger partial charge in [0.25, 0.3) is 0 Å². The number of carbonyl (C=O) groups excluding carboxylic acids is 1. The van der Waals surface area contributed by atoms with Crippen LogP contribution in [-0.2, 0) is 4.79 Å². The Morgan fingerprint density at radius 3 is 2.28 bits per heavy atom. The molecule has 0 spiro atoms. The van der Waals surface area contributed by atoms with Crippen LogP contribution in [0.3, 0.4) is 0 Å². The fourth-order valence-corrected chi connectivity index (χ4v) is 2.57. The lowest BCUT2D eigenvalue weighted by Crippen LogP contribution is -2.26. The van der Waals surface area contributed by atoms with Gasteiger partial charge in [-0.25, -0.2) is 0 Å². The van der Waals surface area contributed by atoms with E-state index in [-0.39, 0.29) is 17.6 Å². The normalized spacial score (nSPS) is 23.6. The van der Waals surface area contributed by atoms with Crippen molar-refractivity contribution in [1.29, 1.82) is 0 Å². The highest BCUT2D eigenvalue weighted by atomic mass is 79.9. The Morgan fingerprint density at radius 1 is 1.17 bits per heavy atom. The smallest absolute Gasteiger partial charge is 0.306 e. The van der Waals surface area contributed by atoms with Crippen LogP contribution < -0.4 is 0 Å². The molecule has 4 nitrogen and oxygen atoms in total. The molecular formula is C13H14BrNO3. The second kappa shape index (κ2) is 5.61. The first-order valence-electron chi connectivity index (χ1n) is 5.96. The van der Waals surface area contributed by atoms with E-state index in [9.17, 15) is 9.59 Å². The first-order chi connectivity index (χ1) is 8.58. The molecule has 1 fully saturated rings. The summed E-state index contributed by atoms with van der Waals surface area (Å²) in [6.45, 7) is 0. The summed E-state index contributed by atoms with van der Waals surface area (Å²) >= 11 is 3.28. The van der Waals surface area contributed by atoms with E-state index in [1.165, 1.54) is 0 Å². The average molecular weight is 312 g/mol. The van der Waals surface area contributed by atoms with E-state index in [2.05, 4.69) is 20.9 Å². The molecule has 0 aromatic carbocycles. The molecule has 1 aromatic heterocycles. The largest absolute Gasteiger partial charge is 0.481 e. The summed E-state index contributed by atoms with van der Waals surface area (Å²) in [5.74, 6) is -1.07. The Hall–Kier alpha value is -1.23. The highest BCUT2D eigenvalue weighted by Crippen LogP contribution is 2.30. The van der Waals surface area contributed by atoms with Gasteiger partial charge in [-0.3, -0.25) is 14.6 Å². The van der Waals surface area contributed by atoms with Gasteiger partial charge in [0.05, 0.1) is 5.92 Å². The van der Waals surface area contributed by atoms with Gasteiger partial charge < -0.3 is 5.11 Å². The Balaban J connectivity index is 1.99. The monoisotopic (exact) mass is 311 g/mol. The number of carboxylic acid groups (broad SMARTS) is 1. The molecule has 0 aliphatic heterocycles. The number of carbonyl (C=O) groups is 2. The molecule has 96 valence electrons. The van der Waals surface area contributed by atoms with Gasteiger partial charge in [-0.1, -0.05) is 0 Å². The number of hydrogen-bond acceptors (Lipinski definition) is 3. The first kappa shape index (κ1) is 13.2. The third kappa shape index (κ3) is 2.96. The molecule has 2 rings (SSSR count). The first-order valence-corrected chi connectivity index (χ1v) is 6.76. The zero-order chi connectivity index (χ0) is 13.1. The van der Waals surface area contributed by atoms with Gasteiger partial charge in [0.15, 0.2) is 5.78 Å². The molecule has 1 saturated carbocycles. The number of rotatable bonds is 3. The molecule has 0 atom stereocenters. The molecule has 1 aromatic rings. The summed E-state index contributed by atoms with van der Waals surface area (Å²) in [5, 5.41) is 8.91. The maximum Gasteiger partial charge on any atom is 0.306 e. The summed E-state index contributed by atoms with van der Waals surface area (Å²) in [4.78, 5) is 27.1. The number of aromatic nitrogens is 1. The number of aliphatic carboxylic acids is 1. The summed E-state index contributed by atoms with van der Waals surface area (Å²) in [7, 11) is 0. The number of nitrogens with zero attached hydrogens (tertiary/aromatic N) is 1. The fourth-order valence-electron chi connectivity index (χ4n) is 2.33. The van der Waals surface area contributed by atoms with Crippen LogP contribution in [0.15, 0.2) is 22.8 Å². The topological polar surface area (TPSA) is 67.3 Å². The molecule has 0 unspecified atom stereocenters. The lowest BCUT2D eigenvalue weighted by atomic mass is 9.79. The van der Waals surface area contributed by atoms with Crippen molar-refractivity contribution in [2.75, 3.05) is 0 Å². The van der Waals surface area contributed by atoms with Crippen LogP contribution in [0.5, 0.6) is 0 Å². The standard InChI is InChI=1S/C13H14BrNO3/c14-10-5-6-11(15-7-10)12(16)8-1-3-9(4-2-8)13(17)18/h5-9H,1-4H2,(H,17,18). The third-order valence-corrected chi connectivity index (χ3v) is 3.90. The summed E-state index contributed by atoms with van der Waals surface area (Å²) in [5.41, 5.74) is 0.469. The minimum Gasteiger partial charge on any atom is -0.481 e. The lowest BCUT2D eigenvalue weighted by Gasteiger charge is -2.24. The van der Waals surface area contributed by atoms with Crippen LogP contribution in [0.1, 0.15) is 36.2 Å². The van der Waals surface area contributed by atoms with E-state index < -0.39 is 5.97 Å². The summed E-state index contributed by atoms with van der Waals surface area (Å²) in [6.07, 6.45) is 4.07. The minimum atomic E-state index is -0.748. The molecule has 1 N–H and O–H groups in total. The summed E-state index contributed by atoms with van der Waals surface area (Å²) in [6, 6.07) is 3.50. The predicted molar refractivity (Wildman–Crippen MR) is 69.4 cm³/mol. The van der Waals surface area contributed by atoms with Gasteiger partial charge >= 0.3 is 5.97 Å². The molecule has 5 heteroatoms. The van der Waals surface area contributed by atoms with Crippen molar-refractivity contribution in [2.24, 2.45) is 11.8 Å². The van der Waals surface area contributed by atoms with Crippen molar-refractivity contribution >= 4 is 27.7 Å². The van der Waals surface area contributed by atoms with E-state index in [1.54, 1.807) is 18.3 Å². The van der Waals surface area contributed by atoms with Crippen LogP contribution in [0.2, 0.25) is 0 Å². The van der Waals surface area contributed by atoms with E-state index >= 15 is 0 Å². The molecule has 0 saturated heterocycles. The van der Waals surface area contributed by atoms with Crippen LogP contribution in [-0.4, -0.2) is 21.8 Å². The minimum absolute atomic E-state index is 0.0336. The molecule has 1 heterocycles. The molecule has 1 aliphatic rings. The molecule has 0 bridgehead atoms. The Kier molecular flexibility index (Phi) is 4.11.